The molecule has 5 heteroatoms. The Hall–Kier alpha value is -0.320. The van der Waals surface area contributed by atoms with E-state index in [1.54, 1.807) is 6.07 Å². The van der Waals surface area contributed by atoms with Crippen molar-refractivity contribution in [2.45, 2.75) is 38.3 Å². The molecule has 0 bridgehead atoms. The summed E-state index contributed by atoms with van der Waals surface area (Å²) in [6.07, 6.45) is 1.91. The smallest absolute Gasteiger partial charge is 0.0658 e. The van der Waals surface area contributed by atoms with Crippen molar-refractivity contribution >= 4 is 23.2 Å². The number of halogens is 2. The first kappa shape index (κ1) is 16.7. The van der Waals surface area contributed by atoms with Crippen molar-refractivity contribution in [2.24, 2.45) is 5.84 Å². The molecule has 0 aromatic heterocycles. The van der Waals surface area contributed by atoms with E-state index in [1.165, 1.54) is 0 Å². The number of hydrazine groups is 1. The number of nitrogens with zero attached hydrogens (tertiary/aromatic N) is 1. The Morgan fingerprint density at radius 2 is 1.84 bits per heavy atom. The van der Waals surface area contributed by atoms with E-state index in [2.05, 4.69) is 38.3 Å². The van der Waals surface area contributed by atoms with Gasteiger partial charge in [0, 0.05) is 15.6 Å². The second-order valence-electron chi connectivity index (χ2n) is 4.97. The standard InChI is InChI=1S/C14H23Cl2N3/c1-5-14(6-2,19(3)4)13(18-17)11-9-10(15)7-8-12(11)16/h7-9,13,18H,5-6,17H2,1-4H3. The monoisotopic (exact) mass is 303 g/mol. The number of rotatable bonds is 6. The highest BCUT2D eigenvalue weighted by atomic mass is 35.5. The summed E-state index contributed by atoms with van der Waals surface area (Å²) in [7, 11) is 4.13. The molecule has 108 valence electrons. The summed E-state index contributed by atoms with van der Waals surface area (Å²) in [6, 6.07) is 5.41. The summed E-state index contributed by atoms with van der Waals surface area (Å²) in [4.78, 5) is 2.20. The molecule has 1 aromatic rings. The van der Waals surface area contributed by atoms with E-state index in [9.17, 15) is 0 Å². The normalized spacial score (nSPS) is 13.9. The molecule has 0 radical (unpaired) electrons. The summed E-state index contributed by atoms with van der Waals surface area (Å²) in [5, 5.41) is 1.35. The number of nitrogens with one attached hydrogen (secondary N) is 1. The summed E-state index contributed by atoms with van der Waals surface area (Å²) < 4.78 is 0. The second-order valence-corrected chi connectivity index (χ2v) is 5.81. The molecule has 0 aliphatic carbocycles. The van der Waals surface area contributed by atoms with E-state index in [0.29, 0.717) is 10.0 Å². The van der Waals surface area contributed by atoms with E-state index in [-0.39, 0.29) is 11.6 Å². The van der Waals surface area contributed by atoms with Crippen LogP contribution in [0.4, 0.5) is 0 Å². The molecule has 19 heavy (non-hydrogen) atoms. The van der Waals surface area contributed by atoms with Gasteiger partial charge in [0.15, 0.2) is 0 Å². The van der Waals surface area contributed by atoms with Crippen LogP contribution in [0.25, 0.3) is 0 Å². The van der Waals surface area contributed by atoms with E-state index in [1.807, 2.05) is 12.1 Å². The number of benzene rings is 1. The average Bonchev–Trinajstić information content (AvgIpc) is 2.39. The van der Waals surface area contributed by atoms with Crippen LogP contribution in [0.1, 0.15) is 38.3 Å². The fourth-order valence-electron chi connectivity index (χ4n) is 2.82. The van der Waals surface area contributed by atoms with Crippen LogP contribution in [0.15, 0.2) is 18.2 Å². The van der Waals surface area contributed by atoms with E-state index >= 15 is 0 Å². The van der Waals surface area contributed by atoms with Crippen molar-refractivity contribution in [3.8, 4) is 0 Å². The number of hydrogen-bond donors (Lipinski definition) is 2. The predicted octanol–water partition coefficient (Wildman–Crippen LogP) is 3.62. The van der Waals surface area contributed by atoms with Gasteiger partial charge < -0.3 is 4.90 Å². The van der Waals surface area contributed by atoms with Gasteiger partial charge in [-0.2, -0.15) is 0 Å². The van der Waals surface area contributed by atoms with E-state index in [0.717, 1.165) is 18.4 Å². The Morgan fingerprint density at radius 1 is 1.26 bits per heavy atom. The average molecular weight is 304 g/mol. The Balaban J connectivity index is 3.35. The molecular weight excluding hydrogens is 281 g/mol. The highest BCUT2D eigenvalue weighted by molar-refractivity contribution is 6.33. The fraction of sp³-hybridized carbons (Fsp3) is 0.571. The molecule has 3 nitrogen and oxygen atoms in total. The van der Waals surface area contributed by atoms with Crippen LogP contribution in [0.2, 0.25) is 10.0 Å². The molecule has 1 unspecified atom stereocenters. The van der Waals surface area contributed by atoms with Gasteiger partial charge in [-0.05, 0) is 50.7 Å². The molecule has 0 saturated heterocycles. The minimum absolute atomic E-state index is 0.0799. The highest BCUT2D eigenvalue weighted by Gasteiger charge is 2.39. The molecule has 3 N–H and O–H groups in total. The number of likely N-dealkylation sites (N-methyl/N-ethyl adjacent to an activating group) is 1. The van der Waals surface area contributed by atoms with Gasteiger partial charge in [0.2, 0.25) is 0 Å². The molecule has 1 atom stereocenters. The minimum Gasteiger partial charge on any atom is -0.302 e. The third-order valence-corrected chi connectivity index (χ3v) is 4.67. The molecule has 0 saturated carbocycles. The first-order valence-electron chi connectivity index (χ1n) is 6.51. The fourth-order valence-corrected chi connectivity index (χ4v) is 3.23. The Labute approximate surface area is 126 Å². The predicted molar refractivity (Wildman–Crippen MR) is 83.5 cm³/mol. The molecule has 0 aliphatic rings. The van der Waals surface area contributed by atoms with Crippen molar-refractivity contribution in [2.75, 3.05) is 14.1 Å². The van der Waals surface area contributed by atoms with Crippen molar-refractivity contribution in [3.63, 3.8) is 0 Å². The Morgan fingerprint density at radius 3 is 2.26 bits per heavy atom. The Bertz CT molecular complexity index is 417. The third-order valence-electron chi connectivity index (χ3n) is 4.09. The van der Waals surface area contributed by atoms with Crippen LogP contribution >= 0.6 is 23.2 Å². The van der Waals surface area contributed by atoms with Gasteiger partial charge in [0.1, 0.15) is 0 Å². The van der Waals surface area contributed by atoms with Crippen LogP contribution in [0.5, 0.6) is 0 Å². The lowest BCUT2D eigenvalue weighted by Gasteiger charge is -2.45. The van der Waals surface area contributed by atoms with Gasteiger partial charge in [0.05, 0.1) is 6.04 Å². The van der Waals surface area contributed by atoms with E-state index < -0.39 is 0 Å². The maximum Gasteiger partial charge on any atom is 0.0658 e. The lowest BCUT2D eigenvalue weighted by atomic mass is 9.80. The zero-order valence-corrected chi connectivity index (χ0v) is 13.5. The highest BCUT2D eigenvalue weighted by Crippen LogP contribution is 2.39. The van der Waals surface area contributed by atoms with Crippen molar-refractivity contribution in [3.05, 3.63) is 33.8 Å². The molecule has 1 aromatic carbocycles. The second kappa shape index (κ2) is 6.91. The molecule has 1 rings (SSSR count). The van der Waals surface area contributed by atoms with Crippen LogP contribution < -0.4 is 11.3 Å². The zero-order chi connectivity index (χ0) is 14.6. The lowest BCUT2D eigenvalue weighted by Crippen LogP contribution is -2.54. The Kier molecular flexibility index (Phi) is 6.09. The molecule has 0 amide bonds. The summed E-state index contributed by atoms with van der Waals surface area (Å²) in [5.41, 5.74) is 3.76. The maximum absolute atomic E-state index is 6.32. The van der Waals surface area contributed by atoms with Gasteiger partial charge in [-0.1, -0.05) is 37.0 Å². The largest absolute Gasteiger partial charge is 0.302 e. The van der Waals surface area contributed by atoms with Gasteiger partial charge in [-0.25, -0.2) is 0 Å². The van der Waals surface area contributed by atoms with Gasteiger partial charge in [0.25, 0.3) is 0 Å². The molecule has 0 aliphatic heterocycles. The van der Waals surface area contributed by atoms with Crippen LogP contribution in [0, 0.1) is 0 Å². The van der Waals surface area contributed by atoms with Gasteiger partial charge in [-0.3, -0.25) is 11.3 Å². The van der Waals surface area contributed by atoms with Gasteiger partial charge >= 0.3 is 0 Å². The zero-order valence-electron chi connectivity index (χ0n) is 12.0. The van der Waals surface area contributed by atoms with E-state index in [4.69, 9.17) is 29.0 Å². The van der Waals surface area contributed by atoms with Crippen molar-refractivity contribution in [1.82, 2.24) is 10.3 Å². The number of nitrogens with two attached hydrogens (primary N) is 1. The third kappa shape index (κ3) is 3.23. The van der Waals surface area contributed by atoms with Gasteiger partial charge in [-0.15, -0.1) is 0 Å². The van der Waals surface area contributed by atoms with Crippen LogP contribution in [-0.2, 0) is 0 Å². The summed E-state index contributed by atoms with van der Waals surface area (Å²) >= 11 is 12.4. The van der Waals surface area contributed by atoms with Crippen molar-refractivity contribution < 1.29 is 0 Å². The minimum atomic E-state index is -0.108. The summed E-state index contributed by atoms with van der Waals surface area (Å²) in [6.45, 7) is 4.32. The molecule has 0 fully saturated rings. The first-order chi connectivity index (χ1) is 8.92. The first-order valence-corrected chi connectivity index (χ1v) is 7.27. The quantitative estimate of drug-likeness (QED) is 0.623. The lowest BCUT2D eigenvalue weighted by molar-refractivity contribution is 0.0882. The maximum atomic E-state index is 6.32. The number of hydrogen-bond acceptors (Lipinski definition) is 3. The van der Waals surface area contributed by atoms with Crippen LogP contribution in [-0.4, -0.2) is 24.5 Å². The van der Waals surface area contributed by atoms with Crippen LogP contribution in [0.3, 0.4) is 0 Å². The SMILES string of the molecule is CCC(CC)(C(NN)c1cc(Cl)ccc1Cl)N(C)C. The molecular formula is C14H23Cl2N3. The summed E-state index contributed by atoms with van der Waals surface area (Å²) in [5.74, 6) is 5.82. The topological polar surface area (TPSA) is 41.3 Å². The molecule has 0 heterocycles. The molecule has 0 spiro atoms. The van der Waals surface area contributed by atoms with Crippen molar-refractivity contribution in [1.29, 1.82) is 0 Å².